The molecule has 0 aliphatic heterocycles. The van der Waals surface area contributed by atoms with Crippen molar-refractivity contribution >= 4 is 11.1 Å². The van der Waals surface area contributed by atoms with Crippen molar-refractivity contribution in [1.29, 1.82) is 0 Å². The Morgan fingerprint density at radius 2 is 2.33 bits per heavy atom. The Bertz CT molecular complexity index is 228. The van der Waals surface area contributed by atoms with Crippen LogP contribution >= 0.6 is 0 Å². The van der Waals surface area contributed by atoms with Crippen molar-refractivity contribution in [3.8, 4) is 0 Å². The molecule has 4 heteroatoms. The van der Waals surface area contributed by atoms with E-state index in [1.807, 2.05) is 0 Å². The number of aryl methyl sites for hydroxylation is 1. The van der Waals surface area contributed by atoms with Crippen LogP contribution in [0.3, 0.4) is 0 Å². The summed E-state index contributed by atoms with van der Waals surface area (Å²) in [5, 5.41) is -0.00694. The molecular weight excluding hydrogens is 140 g/mol. The minimum atomic E-state index is -2.22. The van der Waals surface area contributed by atoms with Gasteiger partial charge in [-0.25, -0.2) is 0 Å². The zero-order valence-corrected chi connectivity index (χ0v) is 5.60. The van der Waals surface area contributed by atoms with Crippen LogP contribution in [0.1, 0.15) is 5.76 Å². The van der Waals surface area contributed by atoms with Gasteiger partial charge in [0, 0.05) is 11.1 Å². The highest BCUT2D eigenvalue weighted by atomic mass is 32.2. The molecule has 0 bridgehead atoms. The minimum absolute atomic E-state index is 0.00694. The van der Waals surface area contributed by atoms with Crippen LogP contribution in [0.5, 0.6) is 0 Å². The molecule has 0 radical (unpaired) electrons. The molecule has 1 atom stereocenters. The van der Waals surface area contributed by atoms with E-state index in [1.54, 1.807) is 13.0 Å². The lowest BCUT2D eigenvalue weighted by Gasteiger charge is -1.96. The highest BCUT2D eigenvalue weighted by Gasteiger charge is 1.95. The Labute approximate surface area is 55.0 Å². The first-order valence-corrected chi connectivity index (χ1v) is 3.43. The predicted molar refractivity (Wildman–Crippen MR) is 30.6 cm³/mol. The molecule has 1 heterocycles. The molecule has 0 aromatic carbocycles. The van der Waals surface area contributed by atoms with Gasteiger partial charge in [-0.1, -0.05) is 0 Å². The van der Waals surface area contributed by atoms with Gasteiger partial charge in [0.25, 0.3) is 0 Å². The van der Waals surface area contributed by atoms with Gasteiger partial charge >= 0.3 is 0 Å². The third-order valence-electron chi connectivity index (χ3n) is 0.880. The summed E-state index contributed by atoms with van der Waals surface area (Å²) < 4.78 is 25.0. The normalized spacial score (nSPS) is 13.6. The maximum Gasteiger partial charge on any atom is 0.177 e. The van der Waals surface area contributed by atoms with Crippen LogP contribution in [-0.4, -0.2) is 8.76 Å². The van der Waals surface area contributed by atoms with Crippen molar-refractivity contribution < 1.29 is 13.2 Å². The molecule has 1 aromatic heterocycles. The van der Waals surface area contributed by atoms with Crippen molar-refractivity contribution in [2.45, 2.75) is 12.0 Å². The summed E-state index contributed by atoms with van der Waals surface area (Å²) >= 11 is -2.22. The highest BCUT2D eigenvalue weighted by molar-refractivity contribution is 7.79. The third kappa shape index (κ3) is 1.40. The van der Waals surface area contributed by atoms with Crippen molar-refractivity contribution in [3.05, 3.63) is 17.9 Å². The standard InChI is InChI=1S/C5H6O3S/c1-4-2-3-5(8-4)9(6)7/h2-3H,1H3,(H,6,7)/p-1. The predicted octanol–water partition coefficient (Wildman–Crippen LogP) is 0.826. The smallest absolute Gasteiger partial charge is 0.177 e. The van der Waals surface area contributed by atoms with E-state index in [1.165, 1.54) is 6.07 Å². The van der Waals surface area contributed by atoms with E-state index in [-0.39, 0.29) is 5.09 Å². The first kappa shape index (κ1) is 6.51. The summed E-state index contributed by atoms with van der Waals surface area (Å²) in [5.74, 6) is 0.606. The number of hydrogen-bond acceptors (Lipinski definition) is 3. The average Bonchev–Trinajstić information content (AvgIpc) is 2.14. The summed E-state index contributed by atoms with van der Waals surface area (Å²) in [6.45, 7) is 1.69. The first-order chi connectivity index (χ1) is 4.20. The average molecular weight is 145 g/mol. The fourth-order valence-electron chi connectivity index (χ4n) is 0.502. The third-order valence-corrected chi connectivity index (χ3v) is 1.43. The molecule has 0 saturated carbocycles. The Morgan fingerprint density at radius 1 is 1.67 bits per heavy atom. The maximum absolute atomic E-state index is 10.1. The van der Waals surface area contributed by atoms with E-state index in [0.29, 0.717) is 5.76 Å². The highest BCUT2D eigenvalue weighted by Crippen LogP contribution is 2.08. The largest absolute Gasteiger partial charge is 0.766 e. The summed E-state index contributed by atoms with van der Waals surface area (Å²) in [7, 11) is 0. The minimum Gasteiger partial charge on any atom is -0.766 e. The monoisotopic (exact) mass is 145 g/mol. The van der Waals surface area contributed by atoms with E-state index in [0.717, 1.165) is 0 Å². The van der Waals surface area contributed by atoms with Crippen LogP contribution < -0.4 is 0 Å². The number of rotatable bonds is 1. The molecule has 0 saturated heterocycles. The molecule has 0 fully saturated rings. The topological polar surface area (TPSA) is 53.3 Å². The summed E-state index contributed by atoms with van der Waals surface area (Å²) in [6.07, 6.45) is 0. The molecule has 0 aliphatic carbocycles. The second-order valence-electron chi connectivity index (χ2n) is 1.60. The molecule has 1 rings (SSSR count). The molecule has 1 aromatic rings. The molecular formula is C5H5O3S-. The van der Waals surface area contributed by atoms with Gasteiger partial charge in [-0.15, -0.1) is 0 Å². The van der Waals surface area contributed by atoms with Gasteiger partial charge in [0.05, 0.1) is 0 Å². The van der Waals surface area contributed by atoms with Crippen molar-refractivity contribution in [2.75, 3.05) is 0 Å². The van der Waals surface area contributed by atoms with E-state index < -0.39 is 11.1 Å². The van der Waals surface area contributed by atoms with Crippen molar-refractivity contribution in [1.82, 2.24) is 0 Å². The lowest BCUT2D eigenvalue weighted by Crippen LogP contribution is -1.82. The fraction of sp³-hybridized carbons (Fsp3) is 0.200. The van der Waals surface area contributed by atoms with Crippen LogP contribution in [0, 0.1) is 6.92 Å². The van der Waals surface area contributed by atoms with E-state index in [9.17, 15) is 8.76 Å². The molecule has 0 amide bonds. The number of furan rings is 1. The quantitative estimate of drug-likeness (QED) is 0.550. The molecule has 50 valence electrons. The lowest BCUT2D eigenvalue weighted by molar-refractivity contribution is 0.417. The van der Waals surface area contributed by atoms with Gasteiger partial charge in [-0.05, 0) is 19.1 Å². The fourth-order valence-corrected chi connectivity index (χ4v) is 0.880. The van der Waals surface area contributed by atoms with Gasteiger partial charge in [-0.3, -0.25) is 4.21 Å². The first-order valence-electron chi connectivity index (χ1n) is 2.36. The summed E-state index contributed by atoms with van der Waals surface area (Å²) in [5.41, 5.74) is 0. The van der Waals surface area contributed by atoms with Crippen molar-refractivity contribution in [3.63, 3.8) is 0 Å². The van der Waals surface area contributed by atoms with Crippen molar-refractivity contribution in [2.24, 2.45) is 0 Å². The summed E-state index contributed by atoms with van der Waals surface area (Å²) in [6, 6.07) is 3.02. The van der Waals surface area contributed by atoms with Gasteiger partial charge in [0.1, 0.15) is 5.76 Å². The Morgan fingerprint density at radius 3 is 2.56 bits per heavy atom. The molecule has 0 N–H and O–H groups in total. The van der Waals surface area contributed by atoms with E-state index in [4.69, 9.17) is 4.42 Å². The number of hydrogen-bond donors (Lipinski definition) is 0. The van der Waals surface area contributed by atoms with Crippen LogP contribution in [0.4, 0.5) is 0 Å². The van der Waals surface area contributed by atoms with Crippen LogP contribution in [0.25, 0.3) is 0 Å². The van der Waals surface area contributed by atoms with Gasteiger partial charge in [0.2, 0.25) is 0 Å². The van der Waals surface area contributed by atoms with Gasteiger partial charge in [-0.2, -0.15) is 0 Å². The van der Waals surface area contributed by atoms with Gasteiger partial charge in [0.15, 0.2) is 5.09 Å². The second kappa shape index (κ2) is 2.33. The Kier molecular flexibility index (Phi) is 1.68. The molecule has 9 heavy (non-hydrogen) atoms. The zero-order valence-electron chi connectivity index (χ0n) is 4.79. The lowest BCUT2D eigenvalue weighted by atomic mass is 10.5. The maximum atomic E-state index is 10.1. The second-order valence-corrected chi connectivity index (χ2v) is 2.47. The summed E-state index contributed by atoms with van der Waals surface area (Å²) in [4.78, 5) is 0. The van der Waals surface area contributed by atoms with Gasteiger partial charge < -0.3 is 8.97 Å². The van der Waals surface area contributed by atoms with E-state index in [2.05, 4.69) is 0 Å². The SMILES string of the molecule is Cc1ccc(S(=O)[O-])o1. The Balaban J connectivity index is 2.98. The molecule has 0 aliphatic rings. The van der Waals surface area contributed by atoms with Crippen LogP contribution in [0.2, 0.25) is 0 Å². The van der Waals surface area contributed by atoms with Crippen LogP contribution in [-0.2, 0) is 11.1 Å². The molecule has 1 unspecified atom stereocenters. The molecule has 0 spiro atoms. The van der Waals surface area contributed by atoms with Crippen LogP contribution in [0.15, 0.2) is 21.6 Å². The van der Waals surface area contributed by atoms with E-state index >= 15 is 0 Å². The zero-order chi connectivity index (χ0) is 6.85. The molecule has 3 nitrogen and oxygen atoms in total. The Hall–Kier alpha value is -0.610.